The van der Waals surface area contributed by atoms with Crippen LogP contribution in [0, 0.1) is 13.8 Å². The summed E-state index contributed by atoms with van der Waals surface area (Å²) in [6.07, 6.45) is 24.3. The van der Waals surface area contributed by atoms with E-state index in [1.807, 2.05) is 13.8 Å². The van der Waals surface area contributed by atoms with Crippen molar-refractivity contribution >= 4 is 44.8 Å². The summed E-state index contributed by atoms with van der Waals surface area (Å²) in [5.41, 5.74) is 28.0. The number of fused-ring (bicyclic) bond motifs is 10. The molecule has 0 nitrogen and oxygen atoms in total. The molecule has 0 bridgehead atoms. The van der Waals surface area contributed by atoms with Gasteiger partial charge in [-0.05, 0) is 204 Å². The largest absolute Gasteiger partial charge is 0.0876 e. The molecule has 12 rings (SSSR count). The first kappa shape index (κ1) is 35.9. The quantitative estimate of drug-likeness (QED) is 0.157. The number of rotatable bonds is 4. The van der Waals surface area contributed by atoms with Gasteiger partial charge in [0.1, 0.15) is 0 Å². The van der Waals surface area contributed by atoms with Gasteiger partial charge in [-0.15, -0.1) is 0 Å². The second kappa shape index (κ2) is 14.0. The van der Waals surface area contributed by atoms with Crippen molar-refractivity contribution in [1.29, 1.82) is 0 Å². The smallest absolute Gasteiger partial charge is 0.0142 e. The second-order valence-corrected chi connectivity index (χ2v) is 16.8. The standard InChI is InChI=1S/C57H44.C2H6/c1-4-5-21-41(38-24-10-15-33(2)34(38)3)54-49-31-47-44-26-12-19-36-20-13-27-45(52(36)44)48(47)32-50(49)55(43-25-11-18-35-16-6-8-22-39(35)43)56-46-29-14-28-42-40-23-9-7-17-37(40)30-51(53(42)46)57(54)56;1-2/h4-5,7-13,15,17-26,29-32,45H,6,14,16,27-28H2,1-3H3;1-2H3/b5-4-,41-21+;. The summed E-state index contributed by atoms with van der Waals surface area (Å²) < 4.78 is 0. The molecule has 0 spiro atoms. The molecule has 1 atom stereocenters. The maximum Gasteiger partial charge on any atom is 0.0142 e. The van der Waals surface area contributed by atoms with Crippen LogP contribution < -0.4 is 0 Å². The van der Waals surface area contributed by atoms with Crippen LogP contribution in [0.3, 0.4) is 0 Å². The highest BCUT2D eigenvalue weighted by Crippen LogP contribution is 2.61. The highest BCUT2D eigenvalue weighted by molar-refractivity contribution is 6.23. The molecule has 5 aliphatic carbocycles. The summed E-state index contributed by atoms with van der Waals surface area (Å²) >= 11 is 0. The third-order valence-electron chi connectivity index (χ3n) is 14.0. The Labute approximate surface area is 349 Å². The lowest BCUT2D eigenvalue weighted by Crippen LogP contribution is -2.04. The molecule has 5 aliphatic rings. The third kappa shape index (κ3) is 5.15. The molecule has 7 aromatic carbocycles. The second-order valence-electron chi connectivity index (χ2n) is 16.8. The van der Waals surface area contributed by atoms with Crippen molar-refractivity contribution in [2.75, 3.05) is 0 Å². The van der Waals surface area contributed by atoms with Gasteiger partial charge in [0.2, 0.25) is 0 Å². The van der Waals surface area contributed by atoms with E-state index in [-0.39, 0.29) is 0 Å². The van der Waals surface area contributed by atoms with E-state index in [0.717, 1.165) is 32.1 Å². The lowest BCUT2D eigenvalue weighted by molar-refractivity contribution is 0.845. The van der Waals surface area contributed by atoms with Gasteiger partial charge in [-0.1, -0.05) is 141 Å². The Kier molecular flexibility index (Phi) is 8.49. The first-order valence-electron chi connectivity index (χ1n) is 22.0. The van der Waals surface area contributed by atoms with Gasteiger partial charge in [0.05, 0.1) is 0 Å². The van der Waals surface area contributed by atoms with Crippen molar-refractivity contribution in [3.05, 3.63) is 200 Å². The van der Waals surface area contributed by atoms with E-state index < -0.39 is 0 Å². The van der Waals surface area contributed by atoms with Gasteiger partial charge in [-0.2, -0.15) is 0 Å². The predicted molar refractivity (Wildman–Crippen MR) is 255 cm³/mol. The van der Waals surface area contributed by atoms with Crippen LogP contribution in [0.5, 0.6) is 0 Å². The maximum absolute atomic E-state index is 2.66. The Bertz CT molecular complexity index is 3110. The first-order chi connectivity index (χ1) is 29.1. The summed E-state index contributed by atoms with van der Waals surface area (Å²) in [7, 11) is 0. The molecule has 0 aromatic heterocycles. The molecular formula is C59H50. The summed E-state index contributed by atoms with van der Waals surface area (Å²) in [5.74, 6) is 0.370. The number of hydrogen-bond donors (Lipinski definition) is 0. The Balaban J connectivity index is 0.00000196. The topological polar surface area (TPSA) is 0 Å². The molecule has 0 heterocycles. The van der Waals surface area contributed by atoms with Crippen molar-refractivity contribution in [3.8, 4) is 33.4 Å². The van der Waals surface area contributed by atoms with Crippen molar-refractivity contribution in [1.82, 2.24) is 0 Å². The van der Waals surface area contributed by atoms with Crippen molar-refractivity contribution < 1.29 is 0 Å². The van der Waals surface area contributed by atoms with Crippen LogP contribution in [0.4, 0.5) is 0 Å². The fourth-order valence-electron chi connectivity index (χ4n) is 11.4. The van der Waals surface area contributed by atoms with Crippen LogP contribution in [-0.4, -0.2) is 0 Å². The lowest BCUT2D eigenvalue weighted by Gasteiger charge is -2.26. The predicted octanol–water partition coefficient (Wildman–Crippen LogP) is 16.2. The molecule has 0 radical (unpaired) electrons. The molecule has 7 aromatic rings. The molecule has 0 aliphatic heterocycles. The zero-order valence-electron chi connectivity index (χ0n) is 35.0. The van der Waals surface area contributed by atoms with Gasteiger partial charge < -0.3 is 0 Å². The van der Waals surface area contributed by atoms with Crippen molar-refractivity contribution in [2.45, 2.75) is 72.6 Å². The molecule has 1 unspecified atom stereocenters. The SMILES string of the molecule is C/C=C\C=C(/c1cccc(C)c1C)c1c2c(c(-c3cccc4c3C=CCC4)c3cc4c(cc13)-c1cccc3c1C4CC=C3)C1=CCCc3c1c-2cc1ccccc31.CC. The molecule has 286 valence electrons. The molecule has 0 amide bonds. The average Bonchev–Trinajstić information content (AvgIpc) is 3.78. The minimum atomic E-state index is 0.370. The van der Waals surface area contributed by atoms with E-state index in [0.29, 0.717) is 5.92 Å². The lowest BCUT2D eigenvalue weighted by atomic mass is 9.77. The monoisotopic (exact) mass is 758 g/mol. The first-order valence-corrected chi connectivity index (χ1v) is 22.0. The van der Waals surface area contributed by atoms with Crippen LogP contribution in [0.15, 0.2) is 134 Å². The van der Waals surface area contributed by atoms with E-state index in [4.69, 9.17) is 0 Å². The zero-order chi connectivity index (χ0) is 39.9. The summed E-state index contributed by atoms with van der Waals surface area (Å²) in [6, 6.07) is 37.9. The average molecular weight is 759 g/mol. The number of benzene rings is 7. The number of hydrogen-bond acceptors (Lipinski definition) is 0. The minimum Gasteiger partial charge on any atom is -0.0876 e. The molecule has 59 heavy (non-hydrogen) atoms. The van der Waals surface area contributed by atoms with E-state index >= 15 is 0 Å². The van der Waals surface area contributed by atoms with Crippen molar-refractivity contribution in [3.63, 3.8) is 0 Å². The van der Waals surface area contributed by atoms with Crippen LogP contribution in [0.2, 0.25) is 0 Å². The molecule has 0 saturated heterocycles. The van der Waals surface area contributed by atoms with E-state index in [2.05, 4.69) is 166 Å². The van der Waals surface area contributed by atoms with Gasteiger partial charge in [0.15, 0.2) is 0 Å². The van der Waals surface area contributed by atoms with E-state index in [1.54, 1.807) is 0 Å². The van der Waals surface area contributed by atoms with Gasteiger partial charge in [0, 0.05) is 5.92 Å². The van der Waals surface area contributed by atoms with Crippen LogP contribution in [0.25, 0.3) is 78.2 Å². The van der Waals surface area contributed by atoms with Crippen LogP contribution in [-0.2, 0) is 12.8 Å². The van der Waals surface area contributed by atoms with Gasteiger partial charge in [-0.3, -0.25) is 0 Å². The molecule has 0 N–H and O–H groups in total. The summed E-state index contributed by atoms with van der Waals surface area (Å²) in [5, 5.41) is 5.46. The Hall–Kier alpha value is -6.24. The van der Waals surface area contributed by atoms with E-state index in [1.165, 1.54) is 133 Å². The molecule has 0 saturated carbocycles. The molecule has 0 heteroatoms. The minimum absolute atomic E-state index is 0.370. The van der Waals surface area contributed by atoms with Crippen LogP contribution >= 0.6 is 0 Å². The van der Waals surface area contributed by atoms with Gasteiger partial charge in [-0.25, -0.2) is 0 Å². The fraction of sp³-hybridized carbons (Fsp3) is 0.186. The summed E-state index contributed by atoms with van der Waals surface area (Å²) in [6.45, 7) is 10.7. The Morgan fingerprint density at radius 2 is 1.51 bits per heavy atom. The molecule has 0 fully saturated rings. The third-order valence-corrected chi connectivity index (χ3v) is 14.0. The fourth-order valence-corrected chi connectivity index (χ4v) is 11.4. The highest BCUT2D eigenvalue weighted by Gasteiger charge is 2.39. The Morgan fingerprint density at radius 3 is 2.41 bits per heavy atom. The number of allylic oxidation sites excluding steroid dienone is 6. The van der Waals surface area contributed by atoms with E-state index in [9.17, 15) is 0 Å². The highest BCUT2D eigenvalue weighted by atomic mass is 14.4. The number of aryl methyl sites for hydroxylation is 3. The maximum atomic E-state index is 2.66. The molecular weight excluding hydrogens is 709 g/mol. The normalized spacial score (nSPS) is 16.4. The zero-order valence-corrected chi connectivity index (χ0v) is 35.0. The van der Waals surface area contributed by atoms with Crippen molar-refractivity contribution in [2.24, 2.45) is 0 Å². The summed E-state index contributed by atoms with van der Waals surface area (Å²) in [4.78, 5) is 0. The van der Waals surface area contributed by atoms with Gasteiger partial charge in [0.25, 0.3) is 0 Å². The van der Waals surface area contributed by atoms with Crippen LogP contribution in [0.1, 0.15) is 113 Å². The Morgan fingerprint density at radius 1 is 0.661 bits per heavy atom. The van der Waals surface area contributed by atoms with Gasteiger partial charge >= 0.3 is 0 Å².